The molecule has 4 heterocycles. The fourth-order valence-corrected chi connectivity index (χ4v) is 3.86. The summed E-state index contributed by atoms with van der Waals surface area (Å²) in [6.45, 7) is 3.42. The number of carbonyl (C=O) groups excluding carboxylic acids is 1. The second kappa shape index (κ2) is 8.54. The number of nitrogens with one attached hydrogen (secondary N) is 2. The highest BCUT2D eigenvalue weighted by molar-refractivity contribution is 5.87. The minimum absolute atomic E-state index is 0.118. The molecule has 1 aliphatic heterocycles. The minimum atomic E-state index is -0.203. The van der Waals surface area contributed by atoms with Gasteiger partial charge in [-0.15, -0.1) is 0 Å². The Morgan fingerprint density at radius 1 is 1.09 bits per heavy atom. The Labute approximate surface area is 195 Å². The van der Waals surface area contributed by atoms with Crippen molar-refractivity contribution in [3.63, 3.8) is 0 Å². The summed E-state index contributed by atoms with van der Waals surface area (Å²) in [7, 11) is 3.64. The van der Waals surface area contributed by atoms with Crippen molar-refractivity contribution in [2.75, 3.05) is 28.6 Å². The number of amides is 1. The summed E-state index contributed by atoms with van der Waals surface area (Å²) in [5.41, 5.74) is 2.98. The van der Waals surface area contributed by atoms with Crippen LogP contribution in [0.15, 0.2) is 53.6 Å². The fourth-order valence-electron chi connectivity index (χ4n) is 3.86. The smallest absolute Gasteiger partial charge is 0.274 e. The van der Waals surface area contributed by atoms with Crippen molar-refractivity contribution in [1.82, 2.24) is 19.1 Å². The molecule has 4 aromatic rings. The number of carbonyl (C=O) groups is 1. The molecule has 1 aromatic carbocycles. The topological polar surface area (TPSA) is 106 Å². The number of hydrogen-bond donors (Lipinski definition) is 2. The molecule has 2 N–H and O–H groups in total. The van der Waals surface area contributed by atoms with E-state index < -0.39 is 0 Å². The van der Waals surface area contributed by atoms with Crippen LogP contribution < -0.4 is 25.8 Å². The molecule has 174 valence electrons. The number of anilines is 4. The Morgan fingerprint density at radius 2 is 1.88 bits per heavy atom. The van der Waals surface area contributed by atoms with Crippen LogP contribution in [-0.2, 0) is 18.9 Å². The number of benzene rings is 1. The molecule has 0 aliphatic carbocycles. The van der Waals surface area contributed by atoms with Crippen LogP contribution in [0.3, 0.4) is 0 Å². The first kappa shape index (κ1) is 21.5. The molecule has 5 rings (SSSR count). The van der Waals surface area contributed by atoms with Gasteiger partial charge in [-0.3, -0.25) is 9.59 Å². The van der Waals surface area contributed by atoms with Crippen molar-refractivity contribution in [3.05, 3.63) is 59.1 Å². The van der Waals surface area contributed by atoms with Crippen LogP contribution in [0.25, 0.3) is 11.0 Å². The van der Waals surface area contributed by atoms with Crippen LogP contribution in [0.4, 0.5) is 23.1 Å². The van der Waals surface area contributed by atoms with Crippen molar-refractivity contribution < 1.29 is 9.53 Å². The van der Waals surface area contributed by atoms with Gasteiger partial charge in [0.15, 0.2) is 0 Å². The summed E-state index contributed by atoms with van der Waals surface area (Å²) in [6.07, 6.45) is 4.59. The molecule has 1 fully saturated rings. The lowest BCUT2D eigenvalue weighted by atomic mass is 10.2. The van der Waals surface area contributed by atoms with Crippen LogP contribution >= 0.6 is 0 Å². The number of fused-ring (bicyclic) bond motifs is 1. The lowest BCUT2D eigenvalue weighted by molar-refractivity contribution is -0.114. The van der Waals surface area contributed by atoms with E-state index in [4.69, 9.17) is 4.74 Å². The van der Waals surface area contributed by atoms with E-state index in [0.717, 1.165) is 36.2 Å². The summed E-state index contributed by atoms with van der Waals surface area (Å²) < 4.78 is 9.45. The summed E-state index contributed by atoms with van der Waals surface area (Å²) in [5, 5.41) is 5.85. The molecule has 0 radical (unpaired) electrons. The second-order valence-corrected chi connectivity index (χ2v) is 8.30. The average molecular weight is 460 g/mol. The molecule has 1 aliphatic rings. The van der Waals surface area contributed by atoms with E-state index in [1.807, 2.05) is 42.1 Å². The maximum absolute atomic E-state index is 12.7. The van der Waals surface area contributed by atoms with E-state index in [-0.39, 0.29) is 11.5 Å². The van der Waals surface area contributed by atoms with E-state index >= 15 is 0 Å². The predicted molar refractivity (Wildman–Crippen MR) is 131 cm³/mol. The van der Waals surface area contributed by atoms with E-state index in [1.165, 1.54) is 6.92 Å². The standard InChI is InChI=1S/C24H25N7O3/c1-15(32)26-22-13-18(7-8-25-22)34-17-5-6-19-21(12-17)30(3)24(27-19)28-20-11-16(31-9-4-10-31)14-29(2)23(20)33/h5-8,11-14H,4,9-10H2,1-3H3,(H,27,28)(H,25,26,32). The second-order valence-electron chi connectivity index (χ2n) is 8.30. The van der Waals surface area contributed by atoms with Gasteiger partial charge >= 0.3 is 0 Å². The number of ether oxygens (including phenoxy) is 1. The quantitative estimate of drug-likeness (QED) is 0.455. The monoisotopic (exact) mass is 459 g/mol. The van der Waals surface area contributed by atoms with E-state index in [9.17, 15) is 9.59 Å². The third-order valence-electron chi connectivity index (χ3n) is 5.76. The number of pyridine rings is 2. The molecule has 3 aromatic heterocycles. The molecule has 34 heavy (non-hydrogen) atoms. The molecule has 0 atom stereocenters. The average Bonchev–Trinajstić information content (AvgIpc) is 3.05. The summed E-state index contributed by atoms with van der Waals surface area (Å²) in [6, 6.07) is 10.8. The molecule has 1 amide bonds. The SMILES string of the molecule is CC(=O)Nc1cc(Oc2ccc3nc(Nc4cc(N5CCC5)cn(C)c4=O)n(C)c3c2)ccn1. The van der Waals surface area contributed by atoms with E-state index in [2.05, 4.69) is 25.5 Å². The first-order valence-corrected chi connectivity index (χ1v) is 11.0. The van der Waals surface area contributed by atoms with Crippen molar-refractivity contribution in [1.29, 1.82) is 0 Å². The third kappa shape index (κ3) is 4.17. The van der Waals surface area contributed by atoms with E-state index in [1.54, 1.807) is 29.9 Å². The number of aryl methyl sites for hydroxylation is 2. The first-order valence-electron chi connectivity index (χ1n) is 11.0. The maximum Gasteiger partial charge on any atom is 0.274 e. The molecule has 10 heteroatoms. The Bertz CT molecular complexity index is 1450. The number of imidazole rings is 1. The zero-order chi connectivity index (χ0) is 23.8. The fraction of sp³-hybridized carbons (Fsp3) is 0.250. The lowest BCUT2D eigenvalue weighted by Gasteiger charge is -2.33. The highest BCUT2D eigenvalue weighted by atomic mass is 16.5. The van der Waals surface area contributed by atoms with Gasteiger partial charge in [0.1, 0.15) is 23.0 Å². The summed E-state index contributed by atoms with van der Waals surface area (Å²) in [5.74, 6) is 1.93. The Hall–Kier alpha value is -4.34. The number of nitrogens with zero attached hydrogens (tertiary/aromatic N) is 5. The Morgan fingerprint density at radius 3 is 2.62 bits per heavy atom. The highest BCUT2D eigenvalue weighted by Crippen LogP contribution is 2.29. The van der Waals surface area contributed by atoms with Gasteiger partial charge in [-0.05, 0) is 30.7 Å². The molecule has 0 unspecified atom stereocenters. The molecule has 0 spiro atoms. The predicted octanol–water partition coefficient (Wildman–Crippen LogP) is 3.37. The van der Waals surface area contributed by atoms with Gasteiger partial charge in [0, 0.05) is 58.6 Å². The zero-order valence-corrected chi connectivity index (χ0v) is 19.2. The molecule has 10 nitrogen and oxygen atoms in total. The van der Waals surface area contributed by atoms with Crippen LogP contribution in [0.5, 0.6) is 11.5 Å². The van der Waals surface area contributed by atoms with Gasteiger partial charge in [0.05, 0.1) is 16.7 Å². The van der Waals surface area contributed by atoms with Crippen LogP contribution in [-0.4, -0.2) is 38.1 Å². The molecular formula is C24H25N7O3. The third-order valence-corrected chi connectivity index (χ3v) is 5.76. The van der Waals surface area contributed by atoms with Crippen molar-refractivity contribution in [2.45, 2.75) is 13.3 Å². The Kier molecular flexibility index (Phi) is 5.40. The molecular weight excluding hydrogens is 434 g/mol. The largest absolute Gasteiger partial charge is 0.457 e. The summed E-state index contributed by atoms with van der Waals surface area (Å²) in [4.78, 5) is 35.0. The van der Waals surface area contributed by atoms with E-state index in [0.29, 0.717) is 29.0 Å². The van der Waals surface area contributed by atoms with Gasteiger partial charge in [-0.1, -0.05) is 0 Å². The normalized spacial score (nSPS) is 13.0. The maximum atomic E-state index is 12.7. The number of hydrogen-bond acceptors (Lipinski definition) is 7. The molecule has 0 bridgehead atoms. The molecule has 1 saturated heterocycles. The van der Waals surface area contributed by atoms with Crippen LogP contribution in [0.2, 0.25) is 0 Å². The van der Waals surface area contributed by atoms with Crippen LogP contribution in [0, 0.1) is 0 Å². The summed E-state index contributed by atoms with van der Waals surface area (Å²) >= 11 is 0. The van der Waals surface area contributed by atoms with Crippen molar-refractivity contribution in [3.8, 4) is 11.5 Å². The van der Waals surface area contributed by atoms with Crippen LogP contribution in [0.1, 0.15) is 13.3 Å². The van der Waals surface area contributed by atoms with Gasteiger partial charge in [0.2, 0.25) is 11.9 Å². The highest BCUT2D eigenvalue weighted by Gasteiger charge is 2.18. The van der Waals surface area contributed by atoms with Gasteiger partial charge in [0.25, 0.3) is 5.56 Å². The zero-order valence-electron chi connectivity index (χ0n) is 19.2. The minimum Gasteiger partial charge on any atom is -0.457 e. The Balaban J connectivity index is 1.42. The molecule has 0 saturated carbocycles. The van der Waals surface area contributed by atoms with Gasteiger partial charge in [-0.25, -0.2) is 9.97 Å². The van der Waals surface area contributed by atoms with Crippen molar-refractivity contribution in [2.24, 2.45) is 14.1 Å². The number of aromatic nitrogens is 4. The lowest BCUT2D eigenvalue weighted by Crippen LogP contribution is -2.38. The van der Waals surface area contributed by atoms with Gasteiger partial charge < -0.3 is 29.4 Å². The number of rotatable bonds is 6. The first-order chi connectivity index (χ1) is 16.4. The van der Waals surface area contributed by atoms with Crippen molar-refractivity contribution >= 4 is 40.1 Å². The van der Waals surface area contributed by atoms with Gasteiger partial charge in [-0.2, -0.15) is 0 Å².